The highest BCUT2D eigenvalue weighted by Gasteiger charge is 2.30. The lowest BCUT2D eigenvalue weighted by Crippen LogP contribution is -2.16. The van der Waals surface area contributed by atoms with Gasteiger partial charge in [-0.1, -0.05) is 17.3 Å². The van der Waals surface area contributed by atoms with Gasteiger partial charge in [0.05, 0.1) is 15.9 Å². The van der Waals surface area contributed by atoms with Crippen LogP contribution in [-0.2, 0) is 19.3 Å². The zero-order valence-electron chi connectivity index (χ0n) is 13.0. The quantitative estimate of drug-likeness (QED) is 0.555. The molecule has 1 aromatic carbocycles. The topological polar surface area (TPSA) is 42.2 Å². The van der Waals surface area contributed by atoms with E-state index in [4.69, 9.17) is 4.52 Å². The van der Waals surface area contributed by atoms with Crippen LogP contribution in [0.4, 0.5) is 13.2 Å². The van der Waals surface area contributed by atoms with Gasteiger partial charge < -0.3 is 4.52 Å². The van der Waals surface area contributed by atoms with Gasteiger partial charge in [-0.2, -0.15) is 18.2 Å². The maximum Gasteiger partial charge on any atom is 0.416 e. The van der Waals surface area contributed by atoms with E-state index in [0.717, 1.165) is 15.9 Å². The van der Waals surface area contributed by atoms with Gasteiger partial charge in [0.15, 0.2) is 0 Å². The number of hydrogen-bond acceptors (Lipinski definition) is 5. The second-order valence-corrected chi connectivity index (χ2v) is 8.02. The highest BCUT2D eigenvalue weighted by molar-refractivity contribution is 9.11. The molecule has 3 rings (SSSR count). The van der Waals surface area contributed by atoms with Crippen LogP contribution in [0.5, 0.6) is 0 Å². The second-order valence-electron chi connectivity index (χ2n) is 5.47. The van der Waals surface area contributed by atoms with Gasteiger partial charge in [0, 0.05) is 17.0 Å². The summed E-state index contributed by atoms with van der Waals surface area (Å²) in [6, 6.07) is 8.88. The average molecular weight is 432 g/mol. The smallest absolute Gasteiger partial charge is 0.338 e. The summed E-state index contributed by atoms with van der Waals surface area (Å²) in [5.41, 5.74) is -0.466. The molecule has 132 valence electrons. The van der Waals surface area contributed by atoms with Crippen LogP contribution >= 0.6 is 27.3 Å². The van der Waals surface area contributed by atoms with Gasteiger partial charge in [-0.15, -0.1) is 11.3 Å². The Morgan fingerprint density at radius 2 is 2.00 bits per heavy atom. The molecule has 0 aliphatic heterocycles. The van der Waals surface area contributed by atoms with Crippen molar-refractivity contribution in [3.63, 3.8) is 0 Å². The molecule has 9 heteroatoms. The van der Waals surface area contributed by atoms with Crippen molar-refractivity contribution < 1.29 is 17.7 Å². The van der Waals surface area contributed by atoms with Crippen LogP contribution in [0.15, 0.2) is 44.7 Å². The zero-order chi connectivity index (χ0) is 18.0. The van der Waals surface area contributed by atoms with Crippen LogP contribution in [-0.4, -0.2) is 22.1 Å². The lowest BCUT2D eigenvalue weighted by molar-refractivity contribution is -0.137. The predicted molar refractivity (Wildman–Crippen MR) is 91.9 cm³/mol. The Balaban J connectivity index is 1.70. The molecular weight excluding hydrogens is 419 g/mol. The highest BCUT2D eigenvalue weighted by atomic mass is 79.9. The molecule has 0 saturated carbocycles. The number of aromatic nitrogens is 2. The van der Waals surface area contributed by atoms with Crippen LogP contribution < -0.4 is 0 Å². The second kappa shape index (κ2) is 7.27. The van der Waals surface area contributed by atoms with Gasteiger partial charge in [0.1, 0.15) is 0 Å². The van der Waals surface area contributed by atoms with E-state index in [-0.39, 0.29) is 11.4 Å². The van der Waals surface area contributed by atoms with E-state index in [1.54, 1.807) is 11.3 Å². The maximum atomic E-state index is 12.8. The third-order valence-corrected chi connectivity index (χ3v) is 4.98. The first-order valence-electron chi connectivity index (χ1n) is 7.24. The molecule has 4 nitrogen and oxygen atoms in total. The minimum Gasteiger partial charge on any atom is -0.338 e. The van der Waals surface area contributed by atoms with E-state index in [0.29, 0.717) is 19.0 Å². The standard InChI is InChI=1S/C16H13BrF3N3OS/c1-23(8-12-5-6-13(17)25-12)9-14-21-15(22-24-14)10-3-2-4-11(7-10)16(18,19)20/h2-7H,8-9H2,1H3. The Morgan fingerprint density at radius 3 is 2.68 bits per heavy atom. The minimum atomic E-state index is -4.40. The third-order valence-electron chi connectivity index (χ3n) is 3.38. The minimum absolute atomic E-state index is 0.147. The molecule has 2 heterocycles. The summed E-state index contributed by atoms with van der Waals surface area (Å²) < 4.78 is 44.6. The van der Waals surface area contributed by atoms with E-state index in [2.05, 4.69) is 26.1 Å². The summed E-state index contributed by atoms with van der Waals surface area (Å²) in [6.45, 7) is 1.11. The van der Waals surface area contributed by atoms with Crippen LogP contribution in [0.3, 0.4) is 0 Å². The van der Waals surface area contributed by atoms with Crippen molar-refractivity contribution in [1.82, 2.24) is 15.0 Å². The molecule has 0 N–H and O–H groups in total. The summed E-state index contributed by atoms with van der Waals surface area (Å²) in [5.74, 6) is 0.499. The molecule has 0 saturated heterocycles. The molecule has 0 radical (unpaired) electrons. The molecule has 0 atom stereocenters. The van der Waals surface area contributed by atoms with E-state index in [1.165, 1.54) is 17.0 Å². The summed E-state index contributed by atoms with van der Waals surface area (Å²) >= 11 is 5.05. The van der Waals surface area contributed by atoms with Gasteiger partial charge in [-0.25, -0.2) is 0 Å². The Hall–Kier alpha value is -1.71. The summed E-state index contributed by atoms with van der Waals surface area (Å²) in [4.78, 5) is 7.36. The largest absolute Gasteiger partial charge is 0.416 e. The van der Waals surface area contributed by atoms with Crippen LogP contribution in [0, 0.1) is 0 Å². The molecule has 0 unspecified atom stereocenters. The summed E-state index contributed by atoms with van der Waals surface area (Å²) in [7, 11) is 1.90. The van der Waals surface area contributed by atoms with Gasteiger partial charge in [-0.3, -0.25) is 4.90 Å². The molecule has 2 aromatic heterocycles. The Morgan fingerprint density at radius 1 is 1.20 bits per heavy atom. The fourth-order valence-electron chi connectivity index (χ4n) is 2.26. The molecular formula is C16H13BrF3N3OS. The van der Waals surface area contributed by atoms with Crippen molar-refractivity contribution in [2.24, 2.45) is 0 Å². The van der Waals surface area contributed by atoms with Gasteiger partial charge in [0.2, 0.25) is 11.7 Å². The van der Waals surface area contributed by atoms with Gasteiger partial charge >= 0.3 is 6.18 Å². The first kappa shape index (κ1) is 18.1. The van der Waals surface area contributed by atoms with E-state index >= 15 is 0 Å². The molecule has 0 amide bonds. The number of hydrogen-bond donors (Lipinski definition) is 0. The number of nitrogens with zero attached hydrogens (tertiary/aromatic N) is 3. The SMILES string of the molecule is CN(Cc1nc(-c2cccc(C(F)(F)F)c2)no1)Cc1ccc(Br)s1. The number of thiophene rings is 1. The molecule has 0 spiro atoms. The fourth-order valence-corrected chi connectivity index (χ4v) is 3.82. The summed E-state index contributed by atoms with van der Waals surface area (Å²) in [5, 5.41) is 3.79. The van der Waals surface area contributed by atoms with Crippen molar-refractivity contribution in [3.8, 4) is 11.4 Å². The van der Waals surface area contributed by atoms with Crippen molar-refractivity contribution in [2.45, 2.75) is 19.3 Å². The van der Waals surface area contributed by atoms with Crippen LogP contribution in [0.1, 0.15) is 16.3 Å². The molecule has 0 bridgehead atoms. The average Bonchev–Trinajstić information content (AvgIpc) is 3.16. The first-order chi connectivity index (χ1) is 11.8. The van der Waals surface area contributed by atoms with Crippen LogP contribution in [0.2, 0.25) is 0 Å². The monoisotopic (exact) mass is 431 g/mol. The fraction of sp³-hybridized carbons (Fsp3) is 0.250. The third kappa shape index (κ3) is 4.68. The Labute approximate surface area is 154 Å². The lowest BCUT2D eigenvalue weighted by atomic mass is 10.1. The van der Waals surface area contributed by atoms with Crippen LogP contribution in [0.25, 0.3) is 11.4 Å². The molecule has 0 aliphatic rings. The van der Waals surface area contributed by atoms with Gasteiger partial charge in [0.25, 0.3) is 0 Å². The Kier molecular flexibility index (Phi) is 5.26. The summed E-state index contributed by atoms with van der Waals surface area (Å²) in [6.07, 6.45) is -4.40. The number of benzene rings is 1. The van der Waals surface area contributed by atoms with Crippen molar-refractivity contribution >= 4 is 27.3 Å². The Bertz CT molecular complexity index is 862. The number of halogens is 4. The van der Waals surface area contributed by atoms with Gasteiger partial charge in [-0.05, 0) is 47.2 Å². The number of rotatable bonds is 5. The highest BCUT2D eigenvalue weighted by Crippen LogP contribution is 2.31. The van der Waals surface area contributed by atoms with Crippen molar-refractivity contribution in [1.29, 1.82) is 0 Å². The van der Waals surface area contributed by atoms with Crippen molar-refractivity contribution in [2.75, 3.05) is 7.05 Å². The lowest BCUT2D eigenvalue weighted by Gasteiger charge is -2.12. The van der Waals surface area contributed by atoms with E-state index in [9.17, 15) is 13.2 Å². The molecule has 25 heavy (non-hydrogen) atoms. The van der Waals surface area contributed by atoms with E-state index in [1.807, 2.05) is 24.1 Å². The van der Waals surface area contributed by atoms with E-state index < -0.39 is 11.7 Å². The predicted octanol–water partition coefficient (Wildman–Crippen LogP) is 5.21. The molecule has 3 aromatic rings. The first-order valence-corrected chi connectivity index (χ1v) is 8.85. The molecule has 0 fully saturated rings. The number of alkyl halides is 3. The zero-order valence-corrected chi connectivity index (χ0v) is 15.5. The molecule has 0 aliphatic carbocycles. The normalized spacial score (nSPS) is 12.1. The maximum absolute atomic E-state index is 12.8. The van der Waals surface area contributed by atoms with Crippen molar-refractivity contribution in [3.05, 3.63) is 56.5 Å².